The van der Waals surface area contributed by atoms with Gasteiger partial charge in [-0.3, -0.25) is 4.79 Å². The normalized spacial score (nSPS) is 18.8. The molecule has 1 saturated carbocycles. The van der Waals surface area contributed by atoms with Gasteiger partial charge in [-0.15, -0.1) is 0 Å². The molecular formula is C19H26F2N2O. The Morgan fingerprint density at radius 1 is 1.12 bits per heavy atom. The molecule has 0 aromatic heterocycles. The molecule has 5 heteroatoms. The molecule has 0 unspecified atom stereocenters. The van der Waals surface area contributed by atoms with E-state index in [9.17, 15) is 13.6 Å². The van der Waals surface area contributed by atoms with Gasteiger partial charge in [0.2, 0.25) is 5.91 Å². The maximum absolute atomic E-state index is 13.2. The molecule has 1 saturated heterocycles. The first-order chi connectivity index (χ1) is 11.6. The maximum Gasteiger partial charge on any atom is 0.222 e. The van der Waals surface area contributed by atoms with Crippen molar-refractivity contribution < 1.29 is 13.6 Å². The highest BCUT2D eigenvalue weighted by molar-refractivity contribution is 5.76. The van der Waals surface area contributed by atoms with Crippen molar-refractivity contribution >= 4 is 5.91 Å². The van der Waals surface area contributed by atoms with E-state index in [0.717, 1.165) is 50.0 Å². The van der Waals surface area contributed by atoms with Crippen molar-refractivity contribution in [2.45, 2.75) is 51.0 Å². The number of hydrogen-bond donors (Lipinski definition) is 1. The first-order valence-electron chi connectivity index (χ1n) is 9.07. The average molecular weight is 336 g/mol. The molecule has 0 spiro atoms. The molecule has 1 aliphatic carbocycles. The summed E-state index contributed by atoms with van der Waals surface area (Å²) in [5.41, 5.74) is 0.740. The number of carbonyl (C=O) groups excluding carboxylic acids is 1. The number of nitrogens with one attached hydrogen (secondary N) is 1. The largest absolute Gasteiger partial charge is 0.343 e. The van der Waals surface area contributed by atoms with Gasteiger partial charge in [0, 0.05) is 25.6 Å². The van der Waals surface area contributed by atoms with Gasteiger partial charge in [0.05, 0.1) is 0 Å². The summed E-state index contributed by atoms with van der Waals surface area (Å²) in [6.45, 7) is 2.78. The van der Waals surface area contributed by atoms with Gasteiger partial charge in [0.25, 0.3) is 0 Å². The molecule has 3 rings (SSSR count). The minimum Gasteiger partial charge on any atom is -0.343 e. The van der Waals surface area contributed by atoms with Crippen LogP contribution in [-0.4, -0.2) is 36.5 Å². The first kappa shape index (κ1) is 17.3. The Labute approximate surface area is 142 Å². The smallest absolute Gasteiger partial charge is 0.222 e. The molecule has 1 N–H and O–H groups in total. The summed E-state index contributed by atoms with van der Waals surface area (Å²) in [6.07, 6.45) is 6.53. The molecule has 24 heavy (non-hydrogen) atoms. The second-order valence-electron chi connectivity index (χ2n) is 7.11. The highest BCUT2D eigenvalue weighted by Gasteiger charge is 2.25. The van der Waals surface area contributed by atoms with E-state index in [2.05, 4.69) is 5.32 Å². The Morgan fingerprint density at radius 2 is 1.88 bits per heavy atom. The molecule has 0 atom stereocenters. The number of benzene rings is 1. The van der Waals surface area contributed by atoms with Gasteiger partial charge < -0.3 is 10.2 Å². The van der Waals surface area contributed by atoms with Crippen LogP contribution in [0.2, 0.25) is 0 Å². The topological polar surface area (TPSA) is 32.3 Å². The number of piperidine rings is 1. The second-order valence-corrected chi connectivity index (χ2v) is 7.11. The minimum atomic E-state index is -0.826. The Morgan fingerprint density at radius 3 is 2.54 bits per heavy atom. The number of rotatable bonds is 7. The molecule has 1 heterocycles. The van der Waals surface area contributed by atoms with Crippen LogP contribution < -0.4 is 5.32 Å². The molecule has 0 radical (unpaired) electrons. The monoisotopic (exact) mass is 336 g/mol. The third-order valence-electron chi connectivity index (χ3n) is 5.08. The van der Waals surface area contributed by atoms with Crippen molar-refractivity contribution in [3.8, 4) is 0 Å². The molecule has 1 amide bonds. The average Bonchev–Trinajstić information content (AvgIpc) is 3.41. The van der Waals surface area contributed by atoms with Crippen LogP contribution in [0, 0.1) is 17.6 Å². The minimum absolute atomic E-state index is 0.179. The predicted molar refractivity (Wildman–Crippen MR) is 89.6 cm³/mol. The summed E-state index contributed by atoms with van der Waals surface area (Å²) in [5.74, 6) is -0.577. The number of aryl methyl sites for hydroxylation is 1. The lowest BCUT2D eigenvalue weighted by Gasteiger charge is -2.32. The summed E-state index contributed by atoms with van der Waals surface area (Å²) >= 11 is 0. The van der Waals surface area contributed by atoms with Crippen LogP contribution in [0.25, 0.3) is 0 Å². The zero-order valence-corrected chi connectivity index (χ0v) is 14.1. The zero-order chi connectivity index (χ0) is 16.9. The third kappa shape index (κ3) is 5.00. The van der Waals surface area contributed by atoms with Crippen LogP contribution in [0.4, 0.5) is 8.78 Å². The third-order valence-corrected chi connectivity index (χ3v) is 5.08. The quantitative estimate of drug-likeness (QED) is 0.829. The molecule has 3 nitrogen and oxygen atoms in total. The number of halogens is 2. The molecule has 2 fully saturated rings. The van der Waals surface area contributed by atoms with E-state index >= 15 is 0 Å². The van der Waals surface area contributed by atoms with E-state index in [4.69, 9.17) is 0 Å². The van der Waals surface area contributed by atoms with Crippen LogP contribution in [0.3, 0.4) is 0 Å². The van der Waals surface area contributed by atoms with Crippen LogP contribution in [0.1, 0.15) is 44.1 Å². The highest BCUT2D eigenvalue weighted by atomic mass is 19.2. The van der Waals surface area contributed by atoms with E-state index in [-0.39, 0.29) is 5.91 Å². The first-order valence-corrected chi connectivity index (χ1v) is 9.07. The molecule has 1 aromatic rings. The van der Waals surface area contributed by atoms with Crippen LogP contribution in [0.5, 0.6) is 0 Å². The summed E-state index contributed by atoms with van der Waals surface area (Å²) < 4.78 is 26.0. The molecule has 1 aromatic carbocycles. The predicted octanol–water partition coefficient (Wildman–Crippen LogP) is 3.28. The zero-order valence-electron chi connectivity index (χ0n) is 14.1. The van der Waals surface area contributed by atoms with Crippen LogP contribution >= 0.6 is 0 Å². The van der Waals surface area contributed by atoms with Gasteiger partial charge in [-0.05, 0) is 68.7 Å². The summed E-state index contributed by atoms with van der Waals surface area (Å²) in [4.78, 5) is 14.2. The number of amides is 1. The van der Waals surface area contributed by atoms with Crippen molar-refractivity contribution in [1.82, 2.24) is 10.2 Å². The van der Waals surface area contributed by atoms with Gasteiger partial charge in [-0.25, -0.2) is 8.78 Å². The van der Waals surface area contributed by atoms with E-state index in [1.165, 1.54) is 18.9 Å². The number of hydrogen-bond acceptors (Lipinski definition) is 2. The van der Waals surface area contributed by atoms with E-state index in [1.807, 2.05) is 4.90 Å². The van der Waals surface area contributed by atoms with Crippen molar-refractivity contribution in [1.29, 1.82) is 0 Å². The molecule has 0 bridgehead atoms. The fourth-order valence-corrected chi connectivity index (χ4v) is 3.29. The van der Waals surface area contributed by atoms with E-state index in [0.29, 0.717) is 25.3 Å². The fourth-order valence-electron chi connectivity index (χ4n) is 3.29. The van der Waals surface area contributed by atoms with E-state index in [1.54, 1.807) is 6.07 Å². The molecule has 2 aliphatic rings. The lowest BCUT2D eigenvalue weighted by atomic mass is 10.0. The van der Waals surface area contributed by atoms with E-state index < -0.39 is 11.6 Å². The van der Waals surface area contributed by atoms with Crippen molar-refractivity contribution in [2.75, 3.05) is 19.6 Å². The second kappa shape index (κ2) is 8.06. The Bertz CT molecular complexity index is 566. The molecular weight excluding hydrogens is 310 g/mol. The lowest BCUT2D eigenvalue weighted by Crippen LogP contribution is -2.45. The Balaban J connectivity index is 1.34. The fraction of sp³-hybridized carbons (Fsp3) is 0.632. The number of nitrogens with zero attached hydrogens (tertiary/aromatic N) is 1. The standard InChI is InChI=1S/C19H26F2N2O/c20-17-7-6-14(12-18(17)21)2-1-3-19(24)23-10-8-16(9-11-23)22-13-15-4-5-15/h6-7,12,15-16,22H,1-5,8-11,13H2. The van der Waals surface area contributed by atoms with Crippen molar-refractivity contribution in [3.63, 3.8) is 0 Å². The van der Waals surface area contributed by atoms with Crippen LogP contribution in [0.15, 0.2) is 18.2 Å². The van der Waals surface area contributed by atoms with Gasteiger partial charge in [-0.1, -0.05) is 6.07 Å². The van der Waals surface area contributed by atoms with Crippen molar-refractivity contribution in [3.05, 3.63) is 35.4 Å². The number of likely N-dealkylation sites (tertiary alicyclic amines) is 1. The summed E-state index contributed by atoms with van der Waals surface area (Å²) in [7, 11) is 0. The lowest BCUT2D eigenvalue weighted by molar-refractivity contribution is -0.132. The van der Waals surface area contributed by atoms with Gasteiger partial charge >= 0.3 is 0 Å². The van der Waals surface area contributed by atoms with Crippen molar-refractivity contribution in [2.24, 2.45) is 5.92 Å². The molecule has 132 valence electrons. The summed E-state index contributed by atoms with van der Waals surface area (Å²) in [5, 5.41) is 3.61. The number of carbonyl (C=O) groups is 1. The highest BCUT2D eigenvalue weighted by Crippen LogP contribution is 2.28. The maximum atomic E-state index is 13.2. The Hall–Kier alpha value is -1.49. The van der Waals surface area contributed by atoms with Gasteiger partial charge in [-0.2, -0.15) is 0 Å². The van der Waals surface area contributed by atoms with Gasteiger partial charge in [0.15, 0.2) is 11.6 Å². The molecule has 1 aliphatic heterocycles. The van der Waals surface area contributed by atoms with Gasteiger partial charge in [0.1, 0.15) is 0 Å². The SMILES string of the molecule is O=C(CCCc1ccc(F)c(F)c1)N1CCC(NCC2CC2)CC1. The Kier molecular flexibility index (Phi) is 5.82. The van der Waals surface area contributed by atoms with Crippen LogP contribution in [-0.2, 0) is 11.2 Å². The summed E-state index contributed by atoms with van der Waals surface area (Å²) in [6, 6.07) is 4.50.